The minimum absolute atomic E-state index is 0.0741. The zero-order chi connectivity index (χ0) is 13.1. The van der Waals surface area contributed by atoms with Gasteiger partial charge in [-0.3, -0.25) is 0 Å². The number of hydrogen-bond acceptors (Lipinski definition) is 5. The molecule has 0 spiro atoms. The van der Waals surface area contributed by atoms with Gasteiger partial charge in [-0.15, -0.1) is 0 Å². The zero-order valence-electron chi connectivity index (χ0n) is 10.2. The highest BCUT2D eigenvalue weighted by Gasteiger charge is 2.04. The molecule has 0 unspecified atom stereocenters. The van der Waals surface area contributed by atoms with Crippen LogP contribution in [0.3, 0.4) is 0 Å². The van der Waals surface area contributed by atoms with E-state index in [2.05, 4.69) is 40.2 Å². The summed E-state index contributed by atoms with van der Waals surface area (Å²) in [6, 6.07) is 8.02. The molecule has 1 aromatic carbocycles. The fourth-order valence-corrected chi connectivity index (χ4v) is 1.69. The van der Waals surface area contributed by atoms with E-state index in [0.29, 0.717) is 11.9 Å². The zero-order valence-corrected chi connectivity index (χ0v) is 10.9. The first-order valence-corrected chi connectivity index (χ1v) is 5.96. The molecule has 0 aliphatic carbocycles. The Morgan fingerprint density at radius 2 is 2.00 bits per heavy atom. The molecule has 0 fully saturated rings. The number of benzene rings is 1. The van der Waals surface area contributed by atoms with Gasteiger partial charge in [0.1, 0.15) is 0 Å². The summed E-state index contributed by atoms with van der Waals surface area (Å²) in [6.45, 7) is 4.27. The number of halogens is 1. The van der Waals surface area contributed by atoms with Gasteiger partial charge in [0.15, 0.2) is 0 Å². The lowest BCUT2D eigenvalue weighted by molar-refractivity contribution is 0.867. The SMILES string of the molecule is CC(C)c1cccc(Nc2nc(N)nc(Cl)n2)c1. The summed E-state index contributed by atoms with van der Waals surface area (Å²) < 4.78 is 0. The van der Waals surface area contributed by atoms with Crippen LogP contribution in [0, 0.1) is 0 Å². The molecule has 18 heavy (non-hydrogen) atoms. The fourth-order valence-electron chi connectivity index (χ4n) is 1.53. The fraction of sp³-hybridized carbons (Fsp3) is 0.250. The van der Waals surface area contributed by atoms with Gasteiger partial charge in [-0.25, -0.2) is 0 Å². The van der Waals surface area contributed by atoms with Crippen molar-refractivity contribution in [3.63, 3.8) is 0 Å². The molecule has 1 heterocycles. The van der Waals surface area contributed by atoms with E-state index in [1.165, 1.54) is 5.56 Å². The second-order valence-electron chi connectivity index (χ2n) is 4.19. The maximum absolute atomic E-state index is 5.72. The molecule has 0 saturated carbocycles. The van der Waals surface area contributed by atoms with E-state index in [0.717, 1.165) is 5.69 Å². The van der Waals surface area contributed by atoms with Crippen molar-refractivity contribution in [2.45, 2.75) is 19.8 Å². The first-order valence-electron chi connectivity index (χ1n) is 5.58. The van der Waals surface area contributed by atoms with Crippen molar-refractivity contribution in [1.29, 1.82) is 0 Å². The monoisotopic (exact) mass is 263 g/mol. The molecule has 0 saturated heterocycles. The van der Waals surface area contributed by atoms with Crippen molar-refractivity contribution < 1.29 is 0 Å². The summed E-state index contributed by atoms with van der Waals surface area (Å²) in [7, 11) is 0. The standard InChI is InChI=1S/C12H14ClN5/c1-7(2)8-4-3-5-9(6-8)15-12-17-10(13)16-11(14)18-12/h3-7H,1-2H3,(H3,14,15,16,17,18). The molecule has 0 radical (unpaired) electrons. The Hall–Kier alpha value is -1.88. The van der Waals surface area contributed by atoms with Gasteiger partial charge in [-0.2, -0.15) is 15.0 Å². The molecular weight excluding hydrogens is 250 g/mol. The Balaban J connectivity index is 2.25. The number of nitrogen functional groups attached to an aromatic ring is 1. The van der Waals surface area contributed by atoms with Crippen molar-refractivity contribution >= 4 is 29.2 Å². The Kier molecular flexibility index (Phi) is 3.62. The number of rotatable bonds is 3. The second-order valence-corrected chi connectivity index (χ2v) is 4.53. The Bertz CT molecular complexity index is 536. The molecule has 0 aliphatic heterocycles. The normalized spacial score (nSPS) is 10.7. The van der Waals surface area contributed by atoms with E-state index in [9.17, 15) is 0 Å². The van der Waals surface area contributed by atoms with Crippen molar-refractivity contribution in [3.05, 3.63) is 35.1 Å². The largest absolute Gasteiger partial charge is 0.368 e. The van der Waals surface area contributed by atoms with E-state index in [1.807, 2.05) is 18.2 Å². The number of aromatic nitrogens is 3. The smallest absolute Gasteiger partial charge is 0.233 e. The first-order chi connectivity index (χ1) is 8.54. The summed E-state index contributed by atoms with van der Waals surface area (Å²) in [5.41, 5.74) is 7.63. The summed E-state index contributed by atoms with van der Waals surface area (Å²) in [5, 5.41) is 3.13. The molecule has 2 aromatic rings. The highest BCUT2D eigenvalue weighted by atomic mass is 35.5. The van der Waals surface area contributed by atoms with Crippen LogP contribution < -0.4 is 11.1 Å². The van der Waals surface area contributed by atoms with Crippen LogP contribution in [-0.2, 0) is 0 Å². The van der Waals surface area contributed by atoms with Gasteiger partial charge in [0, 0.05) is 5.69 Å². The molecule has 0 atom stereocenters. The third-order valence-electron chi connectivity index (χ3n) is 2.43. The van der Waals surface area contributed by atoms with Crippen LogP contribution in [0.1, 0.15) is 25.3 Å². The van der Waals surface area contributed by atoms with Gasteiger partial charge in [0.2, 0.25) is 17.2 Å². The lowest BCUT2D eigenvalue weighted by Gasteiger charge is -2.09. The number of nitrogens with zero attached hydrogens (tertiary/aromatic N) is 3. The second kappa shape index (κ2) is 5.18. The average molecular weight is 264 g/mol. The molecule has 94 valence electrons. The Labute approximate surface area is 110 Å². The van der Waals surface area contributed by atoms with Crippen molar-refractivity contribution in [2.75, 3.05) is 11.1 Å². The lowest BCUT2D eigenvalue weighted by Crippen LogP contribution is -2.03. The minimum Gasteiger partial charge on any atom is -0.368 e. The van der Waals surface area contributed by atoms with Crippen molar-refractivity contribution in [3.8, 4) is 0 Å². The van der Waals surface area contributed by atoms with Gasteiger partial charge in [-0.05, 0) is 35.2 Å². The molecule has 0 aliphatic rings. The maximum Gasteiger partial charge on any atom is 0.233 e. The third kappa shape index (κ3) is 3.07. The van der Waals surface area contributed by atoms with Gasteiger partial charge in [0.25, 0.3) is 0 Å². The van der Waals surface area contributed by atoms with E-state index in [-0.39, 0.29) is 11.2 Å². The number of hydrogen-bond donors (Lipinski definition) is 2. The summed E-state index contributed by atoms with van der Waals surface area (Å²) in [4.78, 5) is 11.6. The average Bonchev–Trinajstić information content (AvgIpc) is 2.27. The number of anilines is 3. The van der Waals surface area contributed by atoms with Gasteiger partial charge in [0.05, 0.1) is 0 Å². The van der Waals surface area contributed by atoms with Crippen LogP contribution in [0.2, 0.25) is 5.28 Å². The van der Waals surface area contributed by atoms with Gasteiger partial charge >= 0.3 is 0 Å². The minimum atomic E-state index is 0.0741. The van der Waals surface area contributed by atoms with Crippen LogP contribution in [-0.4, -0.2) is 15.0 Å². The summed E-state index contributed by atoms with van der Waals surface area (Å²) in [6.07, 6.45) is 0. The Morgan fingerprint density at radius 3 is 2.67 bits per heavy atom. The molecule has 0 bridgehead atoms. The van der Waals surface area contributed by atoms with Crippen LogP contribution in [0.5, 0.6) is 0 Å². The van der Waals surface area contributed by atoms with E-state index in [4.69, 9.17) is 17.3 Å². The van der Waals surface area contributed by atoms with Crippen LogP contribution in [0.25, 0.3) is 0 Å². The molecule has 0 amide bonds. The predicted molar refractivity (Wildman–Crippen MR) is 73.1 cm³/mol. The first kappa shape index (κ1) is 12.6. The van der Waals surface area contributed by atoms with Crippen molar-refractivity contribution in [1.82, 2.24) is 15.0 Å². The highest BCUT2D eigenvalue weighted by Crippen LogP contribution is 2.20. The van der Waals surface area contributed by atoms with Crippen LogP contribution in [0.15, 0.2) is 24.3 Å². The van der Waals surface area contributed by atoms with Crippen molar-refractivity contribution in [2.24, 2.45) is 0 Å². The van der Waals surface area contributed by atoms with Gasteiger partial charge < -0.3 is 11.1 Å². The van der Waals surface area contributed by atoms with E-state index >= 15 is 0 Å². The molecule has 6 heteroatoms. The van der Waals surface area contributed by atoms with E-state index in [1.54, 1.807) is 0 Å². The molecular formula is C12H14ClN5. The quantitative estimate of drug-likeness (QED) is 0.890. The molecule has 5 nitrogen and oxygen atoms in total. The number of nitrogens with two attached hydrogens (primary N) is 1. The topological polar surface area (TPSA) is 76.7 Å². The number of nitrogens with one attached hydrogen (secondary N) is 1. The molecule has 3 N–H and O–H groups in total. The Morgan fingerprint density at radius 1 is 1.22 bits per heavy atom. The lowest BCUT2D eigenvalue weighted by atomic mass is 10.0. The predicted octanol–water partition coefficient (Wildman–Crippen LogP) is 2.97. The van der Waals surface area contributed by atoms with Gasteiger partial charge in [-0.1, -0.05) is 26.0 Å². The third-order valence-corrected chi connectivity index (χ3v) is 2.60. The molecule has 2 rings (SSSR count). The summed E-state index contributed by atoms with van der Waals surface area (Å²) >= 11 is 5.72. The van der Waals surface area contributed by atoms with Crippen LogP contribution >= 0.6 is 11.6 Å². The summed E-state index contributed by atoms with van der Waals surface area (Å²) in [5.74, 6) is 0.893. The van der Waals surface area contributed by atoms with Crippen LogP contribution in [0.4, 0.5) is 17.6 Å². The van der Waals surface area contributed by atoms with E-state index < -0.39 is 0 Å². The molecule has 1 aromatic heterocycles. The maximum atomic E-state index is 5.72. The highest BCUT2D eigenvalue weighted by molar-refractivity contribution is 6.28.